The fourth-order valence-corrected chi connectivity index (χ4v) is 3.43. The van der Waals surface area contributed by atoms with E-state index in [2.05, 4.69) is 10.0 Å². The van der Waals surface area contributed by atoms with E-state index in [0.29, 0.717) is 0 Å². The number of hydrogen-bond donors (Lipinski definition) is 1. The molecule has 0 unspecified atom stereocenters. The third kappa shape index (κ3) is 4.02. The minimum absolute atomic E-state index is 0.232. The van der Waals surface area contributed by atoms with E-state index in [1.807, 2.05) is 60.7 Å². The molecule has 0 saturated carbocycles. The second kappa shape index (κ2) is 8.70. The van der Waals surface area contributed by atoms with Gasteiger partial charge in [0.25, 0.3) is 0 Å². The summed E-state index contributed by atoms with van der Waals surface area (Å²) < 4.78 is 23.5. The van der Waals surface area contributed by atoms with Gasteiger partial charge in [0, 0.05) is 10.5 Å². The number of azide groups is 1. The molecule has 2 aromatic rings. The molecule has 2 heterocycles. The molecular weight excluding hydrogens is 362 g/mol. The minimum atomic E-state index is -1.08. The van der Waals surface area contributed by atoms with Crippen molar-refractivity contribution in [2.75, 3.05) is 6.61 Å². The lowest BCUT2D eigenvalue weighted by Crippen LogP contribution is -2.61. The zero-order valence-electron chi connectivity index (χ0n) is 15.1. The highest BCUT2D eigenvalue weighted by Crippen LogP contribution is 2.35. The lowest BCUT2D eigenvalue weighted by Gasteiger charge is -2.46. The van der Waals surface area contributed by atoms with E-state index in [1.54, 1.807) is 0 Å². The predicted molar refractivity (Wildman–Crippen MR) is 98.8 cm³/mol. The third-order valence-electron chi connectivity index (χ3n) is 4.85. The molecule has 2 aliphatic rings. The maximum Gasteiger partial charge on any atom is 0.184 e. The Kier molecular flexibility index (Phi) is 5.87. The number of rotatable bonds is 5. The molecule has 0 radical (unpaired) electrons. The third-order valence-corrected chi connectivity index (χ3v) is 4.85. The van der Waals surface area contributed by atoms with Crippen molar-refractivity contribution in [1.82, 2.24) is 0 Å². The van der Waals surface area contributed by atoms with Crippen LogP contribution in [0.5, 0.6) is 0 Å². The predicted octanol–water partition coefficient (Wildman–Crippen LogP) is 3.08. The molecular formula is C20H21N3O5. The first-order valence-electron chi connectivity index (χ1n) is 9.11. The molecule has 0 aliphatic carbocycles. The number of benzene rings is 2. The van der Waals surface area contributed by atoms with Crippen molar-refractivity contribution in [1.29, 1.82) is 0 Å². The van der Waals surface area contributed by atoms with Gasteiger partial charge < -0.3 is 24.1 Å². The summed E-state index contributed by atoms with van der Waals surface area (Å²) in [7, 11) is 0. The second-order valence-electron chi connectivity index (χ2n) is 6.70. The standard InChI is InChI=1S/C20H21N3O5/c21-23-22-16-17(24)18-15(12-26-19(28-18)14-9-5-2-6-10-14)27-20(16)25-11-13-7-3-1-4-8-13/h1-10,15-20,24H,11-12H2/t15-,16-,17-,18+,19+,20-/m0/s1. The van der Waals surface area contributed by atoms with Crippen LogP contribution >= 0.6 is 0 Å². The quantitative estimate of drug-likeness (QED) is 0.485. The van der Waals surface area contributed by atoms with Crippen molar-refractivity contribution in [3.8, 4) is 0 Å². The summed E-state index contributed by atoms with van der Waals surface area (Å²) >= 11 is 0. The van der Waals surface area contributed by atoms with Gasteiger partial charge in [-0.15, -0.1) is 0 Å². The van der Waals surface area contributed by atoms with Crippen LogP contribution < -0.4 is 0 Å². The Morgan fingerprint density at radius 2 is 1.79 bits per heavy atom. The molecule has 4 rings (SSSR count). The van der Waals surface area contributed by atoms with Crippen LogP contribution in [0.4, 0.5) is 0 Å². The molecule has 28 heavy (non-hydrogen) atoms. The van der Waals surface area contributed by atoms with Crippen LogP contribution in [0.15, 0.2) is 65.8 Å². The monoisotopic (exact) mass is 383 g/mol. The van der Waals surface area contributed by atoms with Crippen LogP contribution in [-0.2, 0) is 25.6 Å². The number of ether oxygens (including phenoxy) is 4. The van der Waals surface area contributed by atoms with E-state index >= 15 is 0 Å². The Morgan fingerprint density at radius 3 is 2.50 bits per heavy atom. The molecule has 146 valence electrons. The largest absolute Gasteiger partial charge is 0.390 e. The van der Waals surface area contributed by atoms with Crippen LogP contribution in [-0.4, -0.2) is 42.4 Å². The van der Waals surface area contributed by atoms with Gasteiger partial charge in [-0.05, 0) is 11.1 Å². The van der Waals surface area contributed by atoms with Crippen molar-refractivity contribution < 1.29 is 24.1 Å². The van der Waals surface area contributed by atoms with E-state index < -0.39 is 36.9 Å². The van der Waals surface area contributed by atoms with Gasteiger partial charge in [-0.2, -0.15) is 0 Å². The zero-order chi connectivity index (χ0) is 19.3. The number of hydrogen-bond acceptors (Lipinski definition) is 6. The lowest BCUT2D eigenvalue weighted by atomic mass is 9.96. The van der Waals surface area contributed by atoms with Gasteiger partial charge in [-0.25, -0.2) is 0 Å². The van der Waals surface area contributed by atoms with Crippen LogP contribution in [0.25, 0.3) is 10.4 Å². The highest BCUT2D eigenvalue weighted by Gasteiger charge is 2.49. The van der Waals surface area contributed by atoms with E-state index in [9.17, 15) is 5.11 Å². The van der Waals surface area contributed by atoms with Crippen LogP contribution in [0, 0.1) is 0 Å². The first-order valence-corrected chi connectivity index (χ1v) is 9.11. The number of fused-ring (bicyclic) bond motifs is 1. The normalized spacial score (nSPS) is 32.2. The maximum absolute atomic E-state index is 10.8. The molecule has 2 saturated heterocycles. The van der Waals surface area contributed by atoms with Gasteiger partial charge in [0.1, 0.15) is 18.2 Å². The van der Waals surface area contributed by atoms with Gasteiger partial charge in [0.15, 0.2) is 12.6 Å². The first-order chi connectivity index (χ1) is 13.8. The molecule has 2 aromatic carbocycles. The highest BCUT2D eigenvalue weighted by atomic mass is 16.7. The number of aliphatic hydroxyl groups excluding tert-OH is 1. The summed E-state index contributed by atoms with van der Waals surface area (Å²) in [4.78, 5) is 2.85. The van der Waals surface area contributed by atoms with Crippen LogP contribution in [0.3, 0.4) is 0 Å². The average Bonchev–Trinajstić information content (AvgIpc) is 2.76. The molecule has 2 aliphatic heterocycles. The zero-order valence-corrected chi connectivity index (χ0v) is 15.1. The Balaban J connectivity index is 1.47. The summed E-state index contributed by atoms with van der Waals surface area (Å²) in [6.07, 6.45) is -3.81. The Hall–Kier alpha value is -2.45. The molecule has 2 fully saturated rings. The van der Waals surface area contributed by atoms with Gasteiger partial charge in [0.05, 0.1) is 19.3 Å². The van der Waals surface area contributed by atoms with Crippen LogP contribution in [0.2, 0.25) is 0 Å². The van der Waals surface area contributed by atoms with Gasteiger partial charge in [0.2, 0.25) is 0 Å². The van der Waals surface area contributed by atoms with Gasteiger partial charge >= 0.3 is 0 Å². The van der Waals surface area contributed by atoms with E-state index in [0.717, 1.165) is 11.1 Å². The summed E-state index contributed by atoms with van der Waals surface area (Å²) in [5, 5.41) is 14.5. The molecule has 6 atom stereocenters. The molecule has 0 spiro atoms. The highest BCUT2D eigenvalue weighted by molar-refractivity contribution is 5.17. The van der Waals surface area contributed by atoms with Crippen molar-refractivity contribution in [2.45, 2.75) is 43.5 Å². The minimum Gasteiger partial charge on any atom is -0.390 e. The van der Waals surface area contributed by atoms with Crippen molar-refractivity contribution in [3.63, 3.8) is 0 Å². The Labute approximate surface area is 162 Å². The fraction of sp³-hybridized carbons (Fsp3) is 0.400. The van der Waals surface area contributed by atoms with Gasteiger partial charge in [-0.3, -0.25) is 0 Å². The average molecular weight is 383 g/mol. The molecule has 0 bridgehead atoms. The maximum atomic E-state index is 10.8. The number of aliphatic hydroxyl groups is 1. The Bertz CT molecular complexity index is 815. The summed E-state index contributed by atoms with van der Waals surface area (Å²) in [6, 6.07) is 18.1. The smallest absolute Gasteiger partial charge is 0.184 e. The van der Waals surface area contributed by atoms with E-state index in [4.69, 9.17) is 24.5 Å². The topological polar surface area (TPSA) is 106 Å². The van der Waals surface area contributed by atoms with E-state index in [-0.39, 0.29) is 13.2 Å². The van der Waals surface area contributed by atoms with Gasteiger partial charge in [-0.1, -0.05) is 65.8 Å². The molecule has 8 nitrogen and oxygen atoms in total. The molecule has 1 N–H and O–H groups in total. The summed E-state index contributed by atoms with van der Waals surface area (Å²) in [6.45, 7) is 0.497. The Morgan fingerprint density at radius 1 is 1.07 bits per heavy atom. The second-order valence-corrected chi connectivity index (χ2v) is 6.70. The van der Waals surface area contributed by atoms with Crippen LogP contribution in [0.1, 0.15) is 17.4 Å². The summed E-state index contributed by atoms with van der Waals surface area (Å²) in [5.41, 5.74) is 10.7. The first kappa shape index (κ1) is 18.9. The van der Waals surface area contributed by atoms with Crippen molar-refractivity contribution >= 4 is 0 Å². The summed E-state index contributed by atoms with van der Waals surface area (Å²) in [5.74, 6) is 0. The lowest BCUT2D eigenvalue weighted by molar-refractivity contribution is -0.343. The fourth-order valence-electron chi connectivity index (χ4n) is 3.43. The van der Waals surface area contributed by atoms with Crippen molar-refractivity contribution in [2.24, 2.45) is 5.11 Å². The molecule has 0 aromatic heterocycles. The van der Waals surface area contributed by atoms with Crippen molar-refractivity contribution in [3.05, 3.63) is 82.2 Å². The number of nitrogens with zero attached hydrogens (tertiary/aromatic N) is 3. The van der Waals surface area contributed by atoms with E-state index in [1.165, 1.54) is 0 Å². The molecule has 8 heteroatoms. The SMILES string of the molecule is [N-]=[N+]=N[C@@H]1[C@@H](OCc2ccccc2)O[C@H]2CO[C@@H](c3ccccc3)O[C@H]2[C@H]1O. The molecule has 0 amide bonds.